The quantitative estimate of drug-likeness (QED) is 0.509. The van der Waals surface area contributed by atoms with Gasteiger partial charge in [-0.15, -0.1) is 11.6 Å². The predicted molar refractivity (Wildman–Crippen MR) is 68.7 cm³/mol. The summed E-state index contributed by atoms with van der Waals surface area (Å²) in [6.45, 7) is 0.163. The molecule has 0 aromatic rings. The van der Waals surface area contributed by atoms with Gasteiger partial charge in [0.1, 0.15) is 6.54 Å². The minimum atomic E-state index is -4.51. The van der Waals surface area contributed by atoms with E-state index >= 15 is 0 Å². The Morgan fingerprint density at radius 2 is 1.89 bits per heavy atom. The Balaban J connectivity index is 2.76. The zero-order chi connectivity index (χ0) is 14.7. The average molecular weight is 322 g/mol. The molecule has 0 aliphatic heterocycles. The van der Waals surface area contributed by atoms with Crippen molar-refractivity contribution in [1.82, 2.24) is 4.31 Å². The van der Waals surface area contributed by atoms with Gasteiger partial charge in [-0.05, 0) is 38.5 Å². The van der Waals surface area contributed by atoms with Crippen LogP contribution in [0.5, 0.6) is 0 Å². The molecule has 1 atom stereocenters. The maximum atomic E-state index is 12.5. The standard InChI is InChI=1S/C11H19ClF3NO2S/c1-9(10-4-5-10)16(8-11(13,14)15)19(17,18)7-3-2-6-12/h9-10H,2-8H2,1H3. The Bertz CT molecular complexity index is 382. The second-order valence-electron chi connectivity index (χ2n) is 4.95. The molecule has 0 bridgehead atoms. The molecule has 1 aliphatic carbocycles. The van der Waals surface area contributed by atoms with E-state index in [0.29, 0.717) is 16.6 Å². The number of alkyl halides is 4. The van der Waals surface area contributed by atoms with Gasteiger partial charge >= 0.3 is 6.18 Å². The highest BCUT2D eigenvalue weighted by Gasteiger charge is 2.43. The molecule has 0 aromatic carbocycles. The van der Waals surface area contributed by atoms with E-state index in [1.807, 2.05) is 0 Å². The smallest absolute Gasteiger partial charge is 0.212 e. The zero-order valence-corrected chi connectivity index (χ0v) is 12.4. The first-order chi connectivity index (χ1) is 8.67. The predicted octanol–water partition coefficient (Wildman–Crippen LogP) is 3.00. The molecule has 1 rings (SSSR count). The highest BCUT2D eigenvalue weighted by Crippen LogP contribution is 2.37. The molecule has 0 spiro atoms. The minimum absolute atomic E-state index is 0.0603. The summed E-state index contributed by atoms with van der Waals surface area (Å²) < 4.78 is 62.3. The number of unbranched alkanes of at least 4 members (excludes halogenated alkanes) is 1. The van der Waals surface area contributed by atoms with Crippen LogP contribution in [0.3, 0.4) is 0 Å². The molecule has 0 N–H and O–H groups in total. The van der Waals surface area contributed by atoms with Crippen LogP contribution in [0.2, 0.25) is 0 Å². The van der Waals surface area contributed by atoms with E-state index < -0.39 is 28.8 Å². The van der Waals surface area contributed by atoms with Gasteiger partial charge in [-0.1, -0.05) is 0 Å². The first-order valence-corrected chi connectivity index (χ1v) is 8.44. The molecular formula is C11H19ClF3NO2S. The molecule has 1 fully saturated rings. The molecule has 0 aromatic heterocycles. The molecule has 0 heterocycles. The lowest BCUT2D eigenvalue weighted by molar-refractivity contribution is -0.139. The van der Waals surface area contributed by atoms with Gasteiger partial charge in [0.15, 0.2) is 0 Å². The number of hydrogen-bond acceptors (Lipinski definition) is 2. The van der Waals surface area contributed by atoms with E-state index in [1.54, 1.807) is 6.92 Å². The molecule has 0 radical (unpaired) electrons. The van der Waals surface area contributed by atoms with Crippen molar-refractivity contribution >= 4 is 21.6 Å². The van der Waals surface area contributed by atoms with E-state index in [2.05, 4.69) is 0 Å². The monoisotopic (exact) mass is 321 g/mol. The van der Waals surface area contributed by atoms with Crippen molar-refractivity contribution in [1.29, 1.82) is 0 Å². The van der Waals surface area contributed by atoms with Crippen LogP contribution in [-0.2, 0) is 10.0 Å². The summed E-state index contributed by atoms with van der Waals surface area (Å²) in [6.07, 6.45) is -2.14. The Morgan fingerprint density at radius 1 is 1.32 bits per heavy atom. The van der Waals surface area contributed by atoms with Crippen LogP contribution < -0.4 is 0 Å². The molecule has 0 saturated heterocycles. The van der Waals surface area contributed by atoms with Gasteiger partial charge < -0.3 is 0 Å². The number of sulfonamides is 1. The summed E-state index contributed by atoms with van der Waals surface area (Å²) in [7, 11) is -3.88. The summed E-state index contributed by atoms with van der Waals surface area (Å²) in [5.41, 5.74) is 0. The van der Waals surface area contributed by atoms with Gasteiger partial charge in [0, 0.05) is 11.9 Å². The van der Waals surface area contributed by atoms with E-state index in [9.17, 15) is 21.6 Å². The molecular weight excluding hydrogens is 303 g/mol. The second kappa shape index (κ2) is 6.63. The summed E-state index contributed by atoms with van der Waals surface area (Å²) in [5, 5.41) is 0. The Morgan fingerprint density at radius 3 is 2.32 bits per heavy atom. The maximum absolute atomic E-state index is 12.5. The second-order valence-corrected chi connectivity index (χ2v) is 7.37. The fourth-order valence-corrected chi connectivity index (χ4v) is 4.00. The van der Waals surface area contributed by atoms with Gasteiger partial charge in [0.05, 0.1) is 5.75 Å². The highest BCUT2D eigenvalue weighted by molar-refractivity contribution is 7.89. The Kier molecular flexibility index (Phi) is 5.95. The zero-order valence-electron chi connectivity index (χ0n) is 10.8. The van der Waals surface area contributed by atoms with E-state index in [0.717, 1.165) is 12.8 Å². The maximum Gasteiger partial charge on any atom is 0.402 e. The van der Waals surface area contributed by atoms with Crippen LogP contribution in [0, 0.1) is 5.92 Å². The Labute approximate surface area is 117 Å². The van der Waals surface area contributed by atoms with Crippen molar-refractivity contribution in [2.75, 3.05) is 18.2 Å². The third-order valence-corrected chi connectivity index (χ3v) is 5.48. The third kappa shape index (κ3) is 5.87. The fourth-order valence-electron chi connectivity index (χ4n) is 1.98. The SMILES string of the molecule is CC(C1CC1)N(CC(F)(F)F)S(=O)(=O)CCCCCl. The van der Waals surface area contributed by atoms with Crippen LogP contribution >= 0.6 is 11.6 Å². The fraction of sp³-hybridized carbons (Fsp3) is 1.00. The first-order valence-electron chi connectivity index (χ1n) is 6.29. The van der Waals surface area contributed by atoms with Crippen molar-refractivity contribution in [3.63, 3.8) is 0 Å². The van der Waals surface area contributed by atoms with Crippen molar-refractivity contribution in [3.8, 4) is 0 Å². The topological polar surface area (TPSA) is 37.4 Å². The molecule has 1 unspecified atom stereocenters. The summed E-state index contributed by atoms with van der Waals surface area (Å²) >= 11 is 5.45. The molecule has 1 aliphatic rings. The van der Waals surface area contributed by atoms with Gasteiger partial charge in [-0.25, -0.2) is 8.42 Å². The van der Waals surface area contributed by atoms with Crippen LogP contribution in [0.15, 0.2) is 0 Å². The number of rotatable bonds is 8. The van der Waals surface area contributed by atoms with Crippen molar-refractivity contribution in [2.24, 2.45) is 5.92 Å². The van der Waals surface area contributed by atoms with Gasteiger partial charge in [0.2, 0.25) is 10.0 Å². The van der Waals surface area contributed by atoms with E-state index in [-0.39, 0.29) is 18.1 Å². The lowest BCUT2D eigenvalue weighted by Gasteiger charge is -2.29. The average Bonchev–Trinajstić information content (AvgIpc) is 3.07. The normalized spacial score (nSPS) is 18.8. The molecule has 19 heavy (non-hydrogen) atoms. The number of nitrogens with zero attached hydrogens (tertiary/aromatic N) is 1. The van der Waals surface area contributed by atoms with Crippen LogP contribution in [-0.4, -0.2) is 43.1 Å². The molecule has 0 amide bonds. The van der Waals surface area contributed by atoms with Crippen molar-refractivity contribution < 1.29 is 21.6 Å². The van der Waals surface area contributed by atoms with Crippen LogP contribution in [0.25, 0.3) is 0 Å². The highest BCUT2D eigenvalue weighted by atomic mass is 35.5. The summed E-state index contributed by atoms with van der Waals surface area (Å²) in [6, 6.07) is -0.581. The minimum Gasteiger partial charge on any atom is -0.212 e. The summed E-state index contributed by atoms with van der Waals surface area (Å²) in [4.78, 5) is 0. The lowest BCUT2D eigenvalue weighted by Crippen LogP contribution is -2.46. The number of halogens is 4. The van der Waals surface area contributed by atoms with Crippen LogP contribution in [0.4, 0.5) is 13.2 Å². The number of hydrogen-bond donors (Lipinski definition) is 0. The molecule has 8 heteroatoms. The third-order valence-electron chi connectivity index (χ3n) is 3.24. The van der Waals surface area contributed by atoms with Crippen LogP contribution in [0.1, 0.15) is 32.6 Å². The van der Waals surface area contributed by atoms with Gasteiger partial charge in [-0.3, -0.25) is 0 Å². The largest absolute Gasteiger partial charge is 0.402 e. The van der Waals surface area contributed by atoms with Gasteiger partial charge in [-0.2, -0.15) is 17.5 Å². The Hall–Kier alpha value is -0.0100. The van der Waals surface area contributed by atoms with Gasteiger partial charge in [0.25, 0.3) is 0 Å². The molecule has 3 nitrogen and oxygen atoms in total. The molecule has 114 valence electrons. The van der Waals surface area contributed by atoms with E-state index in [1.165, 1.54) is 0 Å². The summed E-state index contributed by atoms with van der Waals surface area (Å²) in [5.74, 6) is 0.102. The first kappa shape index (κ1) is 17.0. The van der Waals surface area contributed by atoms with E-state index in [4.69, 9.17) is 11.6 Å². The lowest BCUT2D eigenvalue weighted by atomic mass is 10.2. The molecule has 1 saturated carbocycles. The van der Waals surface area contributed by atoms with Crippen molar-refractivity contribution in [3.05, 3.63) is 0 Å². The van der Waals surface area contributed by atoms with Crippen molar-refractivity contribution in [2.45, 2.75) is 44.8 Å².